The first-order valence-corrected chi connectivity index (χ1v) is 5.77. The van der Waals surface area contributed by atoms with E-state index in [1.54, 1.807) is 12.0 Å². The van der Waals surface area contributed by atoms with E-state index in [-0.39, 0.29) is 6.61 Å². The second kappa shape index (κ2) is 6.34. The molecule has 1 unspecified atom stereocenters. The lowest BCUT2D eigenvalue weighted by Gasteiger charge is -2.22. The maximum Gasteiger partial charge on any atom is 0.148 e. The third-order valence-electron chi connectivity index (χ3n) is 1.93. The summed E-state index contributed by atoms with van der Waals surface area (Å²) in [6.45, 7) is 0.681. The fraction of sp³-hybridized carbons (Fsp3) is 0.556. The largest absolute Gasteiger partial charge is 0.389 e. The number of ether oxygens (including phenoxy) is 1. The Morgan fingerprint density at radius 3 is 2.94 bits per heavy atom. The normalized spacial score (nSPS) is 12.6. The van der Waals surface area contributed by atoms with Gasteiger partial charge in [0.15, 0.2) is 0 Å². The van der Waals surface area contributed by atoms with Crippen molar-refractivity contribution in [2.24, 2.45) is 0 Å². The Balaban J connectivity index is 2.72. The minimum Gasteiger partial charge on any atom is -0.389 e. The van der Waals surface area contributed by atoms with Crippen molar-refractivity contribution in [2.75, 3.05) is 32.2 Å². The van der Waals surface area contributed by atoms with Gasteiger partial charge < -0.3 is 14.7 Å². The average molecular weight is 311 g/mol. The second-order valence-electron chi connectivity index (χ2n) is 3.29. The highest BCUT2D eigenvalue weighted by molar-refractivity contribution is 9.10. The molecule has 1 rings (SSSR count). The Labute approximate surface area is 108 Å². The van der Waals surface area contributed by atoms with Gasteiger partial charge in [0, 0.05) is 20.7 Å². The van der Waals surface area contributed by atoms with Crippen molar-refractivity contribution >= 4 is 33.3 Å². The summed E-state index contributed by atoms with van der Waals surface area (Å²) in [4.78, 5) is 9.69. The Hall–Kier alpha value is -0.430. The molecule has 16 heavy (non-hydrogen) atoms. The predicted molar refractivity (Wildman–Crippen MR) is 65.9 cm³/mol. The van der Waals surface area contributed by atoms with E-state index in [1.165, 1.54) is 6.33 Å². The lowest BCUT2D eigenvalue weighted by Crippen LogP contribution is -2.32. The summed E-state index contributed by atoms with van der Waals surface area (Å²) in [5, 5.41) is 9.93. The maximum atomic E-state index is 9.58. The molecule has 1 atom stereocenters. The van der Waals surface area contributed by atoms with Crippen LogP contribution in [0.3, 0.4) is 0 Å². The number of aliphatic hydroxyl groups is 1. The molecule has 0 fully saturated rings. The minimum absolute atomic E-state index is 0.279. The number of likely N-dealkylation sites (N-methyl/N-ethyl adjacent to an activating group) is 1. The molecule has 5 nitrogen and oxygen atoms in total. The smallest absolute Gasteiger partial charge is 0.148 e. The summed E-state index contributed by atoms with van der Waals surface area (Å²) in [6, 6.07) is 0. The van der Waals surface area contributed by atoms with Crippen molar-refractivity contribution in [3.63, 3.8) is 0 Å². The van der Waals surface area contributed by atoms with Crippen LogP contribution in [0.15, 0.2) is 10.8 Å². The molecule has 0 bridgehead atoms. The quantitative estimate of drug-likeness (QED) is 0.832. The van der Waals surface area contributed by atoms with Gasteiger partial charge in [0.05, 0.1) is 17.2 Å². The maximum absolute atomic E-state index is 9.58. The summed E-state index contributed by atoms with van der Waals surface area (Å²) in [7, 11) is 3.35. The van der Waals surface area contributed by atoms with Crippen LogP contribution in [0.5, 0.6) is 0 Å². The van der Waals surface area contributed by atoms with E-state index in [0.717, 1.165) is 0 Å². The summed E-state index contributed by atoms with van der Waals surface area (Å²) >= 11 is 9.14. The van der Waals surface area contributed by atoms with Crippen LogP contribution in [0.1, 0.15) is 0 Å². The summed E-state index contributed by atoms with van der Waals surface area (Å²) in [5.41, 5.74) is 0. The molecule has 0 aliphatic rings. The molecule has 0 aliphatic heterocycles. The van der Waals surface area contributed by atoms with Crippen LogP contribution in [0.25, 0.3) is 0 Å². The van der Waals surface area contributed by atoms with E-state index in [2.05, 4.69) is 25.9 Å². The Kier molecular flexibility index (Phi) is 5.40. The van der Waals surface area contributed by atoms with Gasteiger partial charge in [-0.1, -0.05) is 11.6 Å². The molecule has 90 valence electrons. The topological polar surface area (TPSA) is 58.5 Å². The molecule has 0 radical (unpaired) electrons. The molecule has 1 N–H and O–H groups in total. The molecule has 0 aliphatic carbocycles. The molecule has 1 aromatic rings. The highest BCUT2D eigenvalue weighted by Gasteiger charge is 2.14. The van der Waals surface area contributed by atoms with E-state index in [9.17, 15) is 5.11 Å². The molecule has 1 aromatic heterocycles. The number of nitrogens with zero attached hydrogens (tertiary/aromatic N) is 3. The van der Waals surface area contributed by atoms with E-state index in [4.69, 9.17) is 16.3 Å². The second-order valence-corrected chi connectivity index (χ2v) is 4.44. The monoisotopic (exact) mass is 309 g/mol. The van der Waals surface area contributed by atoms with Gasteiger partial charge in [0.2, 0.25) is 0 Å². The first-order valence-electron chi connectivity index (χ1n) is 4.60. The Bertz CT molecular complexity index is 354. The number of hydrogen-bond acceptors (Lipinski definition) is 5. The average Bonchev–Trinajstić information content (AvgIpc) is 2.22. The van der Waals surface area contributed by atoms with Gasteiger partial charge in [-0.05, 0) is 15.9 Å². The van der Waals surface area contributed by atoms with Gasteiger partial charge in [-0.25, -0.2) is 9.97 Å². The highest BCUT2D eigenvalue weighted by Crippen LogP contribution is 2.28. The van der Waals surface area contributed by atoms with Crippen molar-refractivity contribution in [3.05, 3.63) is 16.0 Å². The number of aliphatic hydroxyl groups excluding tert-OH is 1. The van der Waals surface area contributed by atoms with Gasteiger partial charge >= 0.3 is 0 Å². The molecule has 7 heteroatoms. The SMILES string of the molecule is COCC(O)CN(C)c1ncnc(Cl)c1Br. The number of methoxy groups -OCH3 is 1. The fourth-order valence-corrected chi connectivity index (χ4v) is 1.89. The Morgan fingerprint density at radius 1 is 1.62 bits per heavy atom. The van der Waals surface area contributed by atoms with Crippen LogP contribution in [0, 0.1) is 0 Å². The number of halogens is 2. The standard InChI is InChI=1S/C9H13BrClN3O2/c1-14(3-6(15)4-16-2)9-7(10)8(11)12-5-13-9/h5-6,15H,3-4H2,1-2H3. The first-order chi connectivity index (χ1) is 7.56. The fourth-order valence-electron chi connectivity index (χ4n) is 1.25. The van der Waals surface area contributed by atoms with Crippen LogP contribution in [-0.4, -0.2) is 48.5 Å². The summed E-state index contributed by atoms with van der Waals surface area (Å²) in [6.07, 6.45) is 0.803. The van der Waals surface area contributed by atoms with Crippen LogP contribution in [0.4, 0.5) is 5.82 Å². The molecule has 0 amide bonds. The van der Waals surface area contributed by atoms with Crippen LogP contribution in [-0.2, 0) is 4.74 Å². The number of hydrogen-bond donors (Lipinski definition) is 1. The van der Waals surface area contributed by atoms with Gasteiger partial charge in [-0.15, -0.1) is 0 Å². The van der Waals surface area contributed by atoms with Crippen LogP contribution < -0.4 is 4.90 Å². The van der Waals surface area contributed by atoms with Crippen LogP contribution in [0.2, 0.25) is 5.15 Å². The van der Waals surface area contributed by atoms with E-state index in [0.29, 0.717) is 22.0 Å². The van der Waals surface area contributed by atoms with E-state index >= 15 is 0 Å². The number of rotatable bonds is 5. The summed E-state index contributed by atoms with van der Waals surface area (Å²) in [5.74, 6) is 0.634. The van der Waals surface area contributed by atoms with Crippen LogP contribution >= 0.6 is 27.5 Å². The first kappa shape index (κ1) is 13.6. The zero-order valence-electron chi connectivity index (χ0n) is 9.02. The summed E-state index contributed by atoms with van der Waals surface area (Å²) < 4.78 is 5.46. The number of aromatic nitrogens is 2. The van der Waals surface area contributed by atoms with Gasteiger partial charge in [0.25, 0.3) is 0 Å². The molecule has 0 saturated carbocycles. The molecule has 0 aromatic carbocycles. The van der Waals surface area contributed by atoms with Crippen molar-refractivity contribution in [2.45, 2.75) is 6.10 Å². The van der Waals surface area contributed by atoms with Crippen molar-refractivity contribution in [1.29, 1.82) is 0 Å². The third-order valence-corrected chi connectivity index (χ3v) is 3.18. The molecular weight excluding hydrogens is 297 g/mol. The molecule has 0 saturated heterocycles. The van der Waals surface area contributed by atoms with Crippen molar-refractivity contribution < 1.29 is 9.84 Å². The molecule has 1 heterocycles. The predicted octanol–water partition coefficient (Wildman–Crippen LogP) is 1.34. The molecule has 0 spiro atoms. The lowest BCUT2D eigenvalue weighted by atomic mass is 10.3. The zero-order chi connectivity index (χ0) is 12.1. The Morgan fingerprint density at radius 2 is 2.31 bits per heavy atom. The lowest BCUT2D eigenvalue weighted by molar-refractivity contribution is 0.0694. The highest BCUT2D eigenvalue weighted by atomic mass is 79.9. The van der Waals surface area contributed by atoms with Gasteiger partial charge in [-0.3, -0.25) is 0 Å². The third kappa shape index (κ3) is 3.55. The van der Waals surface area contributed by atoms with Crippen molar-refractivity contribution in [1.82, 2.24) is 9.97 Å². The van der Waals surface area contributed by atoms with E-state index < -0.39 is 6.10 Å². The van der Waals surface area contributed by atoms with Gasteiger partial charge in [-0.2, -0.15) is 0 Å². The minimum atomic E-state index is -0.573. The molecular formula is C9H13BrClN3O2. The van der Waals surface area contributed by atoms with E-state index in [1.807, 2.05) is 7.05 Å². The number of anilines is 1. The van der Waals surface area contributed by atoms with Crippen molar-refractivity contribution in [3.8, 4) is 0 Å². The zero-order valence-corrected chi connectivity index (χ0v) is 11.4. The van der Waals surface area contributed by atoms with Gasteiger partial charge in [0.1, 0.15) is 17.3 Å².